The van der Waals surface area contributed by atoms with E-state index in [0.717, 1.165) is 0 Å². The molecule has 3 aromatic rings. The fourth-order valence-electron chi connectivity index (χ4n) is 2.35. The molecule has 0 radical (unpaired) electrons. The van der Waals surface area contributed by atoms with Crippen molar-refractivity contribution in [2.45, 2.75) is 6.92 Å². The van der Waals surface area contributed by atoms with E-state index in [2.05, 4.69) is 19.9 Å². The molecule has 0 N–H and O–H groups in total. The van der Waals surface area contributed by atoms with E-state index in [1.807, 2.05) is 0 Å². The monoisotopic (exact) mass is 374 g/mol. The zero-order chi connectivity index (χ0) is 18.0. The van der Waals surface area contributed by atoms with Crippen LogP contribution in [0, 0.1) is 6.92 Å². The molecule has 126 valence electrons. The molecule has 0 amide bonds. The van der Waals surface area contributed by atoms with E-state index in [1.54, 1.807) is 43.6 Å². The van der Waals surface area contributed by atoms with Gasteiger partial charge < -0.3 is 4.74 Å². The molecule has 3 rings (SSSR count). The summed E-state index contributed by atoms with van der Waals surface area (Å²) in [6.45, 7) is 1.69. The van der Waals surface area contributed by atoms with Crippen LogP contribution >= 0.6 is 23.2 Å². The van der Waals surface area contributed by atoms with Gasteiger partial charge in [0, 0.05) is 18.0 Å². The lowest BCUT2D eigenvalue weighted by molar-refractivity contribution is 0.0600. The molecule has 25 heavy (non-hydrogen) atoms. The maximum atomic E-state index is 12.3. The van der Waals surface area contributed by atoms with Gasteiger partial charge in [-0.15, -0.1) is 0 Å². The number of nitrogens with zero attached hydrogens (tertiary/aromatic N) is 4. The molecule has 3 aromatic heterocycles. The lowest BCUT2D eigenvalue weighted by atomic mass is 10.1. The van der Waals surface area contributed by atoms with Gasteiger partial charge in [0.15, 0.2) is 5.82 Å². The molecule has 0 atom stereocenters. The maximum Gasteiger partial charge on any atom is 0.341 e. The summed E-state index contributed by atoms with van der Waals surface area (Å²) in [5, 5.41) is 0.477. The standard InChI is InChI=1S/C17H12Cl2N4O2/c1-9-12(17(24)25-2)13(10-5-3-7-20-14(10)18)23-16(22-9)11-6-4-8-21-15(11)19/h3-8H,1-2H3. The molecular formula is C17H12Cl2N4O2. The zero-order valence-electron chi connectivity index (χ0n) is 13.3. The minimum Gasteiger partial charge on any atom is -0.465 e. The number of carbonyl (C=O) groups excluding carboxylic acids is 1. The Kier molecular flexibility index (Phi) is 4.92. The zero-order valence-corrected chi connectivity index (χ0v) is 14.8. The molecule has 0 bridgehead atoms. The minimum absolute atomic E-state index is 0.217. The van der Waals surface area contributed by atoms with Crippen molar-refractivity contribution < 1.29 is 9.53 Å². The topological polar surface area (TPSA) is 77.9 Å². The van der Waals surface area contributed by atoms with Gasteiger partial charge in [0.1, 0.15) is 15.9 Å². The van der Waals surface area contributed by atoms with Crippen LogP contribution in [0.2, 0.25) is 10.3 Å². The van der Waals surface area contributed by atoms with Gasteiger partial charge in [0.2, 0.25) is 0 Å². The largest absolute Gasteiger partial charge is 0.465 e. The van der Waals surface area contributed by atoms with Crippen molar-refractivity contribution in [2.24, 2.45) is 0 Å². The second-order valence-corrected chi connectivity index (χ2v) is 5.75. The molecule has 0 fully saturated rings. The summed E-state index contributed by atoms with van der Waals surface area (Å²) in [6, 6.07) is 6.90. The van der Waals surface area contributed by atoms with Crippen LogP contribution in [-0.4, -0.2) is 33.0 Å². The summed E-state index contributed by atoms with van der Waals surface area (Å²) >= 11 is 12.3. The van der Waals surface area contributed by atoms with E-state index in [0.29, 0.717) is 28.3 Å². The lowest BCUT2D eigenvalue weighted by Crippen LogP contribution is -2.11. The molecule has 8 heteroatoms. The Morgan fingerprint density at radius 3 is 2.16 bits per heavy atom. The van der Waals surface area contributed by atoms with Crippen molar-refractivity contribution in [3.05, 3.63) is 58.2 Å². The predicted molar refractivity (Wildman–Crippen MR) is 94.6 cm³/mol. The van der Waals surface area contributed by atoms with Crippen LogP contribution in [0.5, 0.6) is 0 Å². The average Bonchev–Trinajstić information content (AvgIpc) is 2.61. The molecule has 6 nitrogen and oxygen atoms in total. The van der Waals surface area contributed by atoms with Crippen LogP contribution in [0.1, 0.15) is 16.1 Å². The number of hydrogen-bond donors (Lipinski definition) is 0. The Bertz CT molecular complexity index is 963. The van der Waals surface area contributed by atoms with E-state index in [4.69, 9.17) is 27.9 Å². The van der Waals surface area contributed by atoms with Crippen molar-refractivity contribution in [2.75, 3.05) is 7.11 Å². The Balaban J connectivity index is 2.32. The van der Waals surface area contributed by atoms with Crippen molar-refractivity contribution >= 4 is 29.2 Å². The van der Waals surface area contributed by atoms with Crippen LogP contribution < -0.4 is 0 Å². The number of hydrogen-bond acceptors (Lipinski definition) is 6. The van der Waals surface area contributed by atoms with Gasteiger partial charge in [0.25, 0.3) is 0 Å². The van der Waals surface area contributed by atoms with Gasteiger partial charge in [-0.1, -0.05) is 23.2 Å². The molecule has 0 saturated carbocycles. The normalized spacial score (nSPS) is 10.6. The third-order valence-corrected chi connectivity index (χ3v) is 4.10. The summed E-state index contributed by atoms with van der Waals surface area (Å²) in [5.41, 5.74) is 2.03. The van der Waals surface area contributed by atoms with E-state index in [1.165, 1.54) is 7.11 Å². The van der Waals surface area contributed by atoms with Crippen LogP contribution in [0.4, 0.5) is 0 Å². The Hall–Kier alpha value is -2.57. The Morgan fingerprint density at radius 1 is 1.00 bits per heavy atom. The molecule has 0 spiro atoms. The fraction of sp³-hybridized carbons (Fsp3) is 0.118. The van der Waals surface area contributed by atoms with Gasteiger partial charge in [-0.3, -0.25) is 0 Å². The molecule has 3 heterocycles. The van der Waals surface area contributed by atoms with Gasteiger partial charge in [-0.05, 0) is 31.2 Å². The highest BCUT2D eigenvalue weighted by Gasteiger charge is 2.23. The number of halogens is 2. The molecule has 0 aliphatic rings. The summed E-state index contributed by atoms with van der Waals surface area (Å²) < 4.78 is 4.87. The quantitative estimate of drug-likeness (QED) is 0.509. The average molecular weight is 375 g/mol. The number of ether oxygens (including phenoxy) is 1. The van der Waals surface area contributed by atoms with E-state index >= 15 is 0 Å². The number of aryl methyl sites for hydroxylation is 1. The number of esters is 1. The highest BCUT2D eigenvalue weighted by atomic mass is 35.5. The van der Waals surface area contributed by atoms with Crippen LogP contribution in [0.15, 0.2) is 36.7 Å². The van der Waals surface area contributed by atoms with Crippen LogP contribution in [0.25, 0.3) is 22.6 Å². The Labute approximate surface area is 153 Å². The Morgan fingerprint density at radius 2 is 1.60 bits per heavy atom. The van der Waals surface area contributed by atoms with Gasteiger partial charge in [-0.25, -0.2) is 24.7 Å². The first kappa shape index (κ1) is 17.3. The van der Waals surface area contributed by atoms with E-state index in [9.17, 15) is 4.79 Å². The van der Waals surface area contributed by atoms with E-state index in [-0.39, 0.29) is 15.9 Å². The van der Waals surface area contributed by atoms with Crippen molar-refractivity contribution in [1.29, 1.82) is 0 Å². The number of carbonyl (C=O) groups is 1. The highest BCUT2D eigenvalue weighted by molar-refractivity contribution is 6.32. The smallest absolute Gasteiger partial charge is 0.341 e. The third-order valence-electron chi connectivity index (χ3n) is 3.49. The molecule has 0 aromatic carbocycles. The number of pyridine rings is 2. The van der Waals surface area contributed by atoms with Gasteiger partial charge in [0.05, 0.1) is 24.1 Å². The highest BCUT2D eigenvalue weighted by Crippen LogP contribution is 2.32. The molecule has 0 saturated heterocycles. The van der Waals surface area contributed by atoms with Crippen molar-refractivity contribution in [3.63, 3.8) is 0 Å². The lowest BCUT2D eigenvalue weighted by Gasteiger charge is -2.13. The van der Waals surface area contributed by atoms with Gasteiger partial charge >= 0.3 is 5.97 Å². The number of methoxy groups -OCH3 is 1. The summed E-state index contributed by atoms with van der Waals surface area (Å²) in [5.74, 6) is -0.227. The predicted octanol–water partition coefficient (Wildman–Crippen LogP) is 4.00. The third kappa shape index (κ3) is 3.31. The molecule has 0 aliphatic heterocycles. The summed E-state index contributed by atoms with van der Waals surface area (Å²) in [7, 11) is 1.29. The second kappa shape index (κ2) is 7.13. The molecule has 0 aliphatic carbocycles. The second-order valence-electron chi connectivity index (χ2n) is 5.03. The van der Waals surface area contributed by atoms with E-state index < -0.39 is 5.97 Å². The first-order valence-electron chi connectivity index (χ1n) is 7.21. The van der Waals surface area contributed by atoms with Crippen molar-refractivity contribution in [1.82, 2.24) is 19.9 Å². The summed E-state index contributed by atoms with van der Waals surface area (Å²) in [4.78, 5) is 29.2. The van der Waals surface area contributed by atoms with Crippen LogP contribution in [-0.2, 0) is 4.74 Å². The first-order valence-corrected chi connectivity index (χ1v) is 7.97. The number of aromatic nitrogens is 4. The van der Waals surface area contributed by atoms with Gasteiger partial charge in [-0.2, -0.15) is 0 Å². The maximum absolute atomic E-state index is 12.3. The molecule has 0 unspecified atom stereocenters. The minimum atomic E-state index is -0.559. The SMILES string of the molecule is COC(=O)c1c(C)nc(-c2cccnc2Cl)nc1-c1cccnc1Cl. The first-order chi connectivity index (χ1) is 12.0. The summed E-state index contributed by atoms with van der Waals surface area (Å²) in [6.07, 6.45) is 3.12. The fourth-order valence-corrected chi connectivity index (χ4v) is 2.76. The van der Waals surface area contributed by atoms with Crippen LogP contribution in [0.3, 0.4) is 0 Å². The van der Waals surface area contributed by atoms with Crippen molar-refractivity contribution in [3.8, 4) is 22.6 Å². The molecular weight excluding hydrogens is 363 g/mol. The number of rotatable bonds is 3.